The van der Waals surface area contributed by atoms with Crippen molar-refractivity contribution >= 4 is 11.5 Å². The molecule has 0 atom stereocenters. The first-order chi connectivity index (χ1) is 13.0. The molecule has 1 aliphatic carbocycles. The van der Waals surface area contributed by atoms with Gasteiger partial charge in [-0.1, -0.05) is 35.5 Å². The Balaban J connectivity index is 1.52. The van der Waals surface area contributed by atoms with E-state index in [4.69, 9.17) is 0 Å². The molecule has 0 saturated heterocycles. The lowest BCUT2D eigenvalue weighted by atomic mass is 9.77. The van der Waals surface area contributed by atoms with E-state index in [1.165, 1.54) is 17.7 Å². The highest BCUT2D eigenvalue weighted by molar-refractivity contribution is 5.95. The summed E-state index contributed by atoms with van der Waals surface area (Å²) in [5.74, 6) is 1.36. The fourth-order valence-corrected chi connectivity index (χ4v) is 3.72. The van der Waals surface area contributed by atoms with Crippen LogP contribution in [0.3, 0.4) is 0 Å². The quantitative estimate of drug-likeness (QED) is 0.286. The standard InChI is InChI=1S/C21H23F3N2O/c22-21(23,24)18-10-12-19(13-11-18)25-20(26-27)14-15-6-8-17(9-7-15)16-4-2-1-3-5-16/h1-5,10-13,15,17,27H,6-9,14H2,(H,25,26). The van der Waals surface area contributed by atoms with Gasteiger partial charge in [0.25, 0.3) is 0 Å². The van der Waals surface area contributed by atoms with Crippen LogP contribution in [0.25, 0.3) is 0 Å². The van der Waals surface area contributed by atoms with Gasteiger partial charge in [0.2, 0.25) is 0 Å². The number of nitrogens with one attached hydrogen (secondary N) is 1. The summed E-state index contributed by atoms with van der Waals surface area (Å²) in [6.45, 7) is 0. The molecule has 27 heavy (non-hydrogen) atoms. The first kappa shape index (κ1) is 19.3. The molecule has 2 aromatic rings. The lowest BCUT2D eigenvalue weighted by Gasteiger charge is -2.29. The van der Waals surface area contributed by atoms with E-state index in [9.17, 15) is 18.4 Å². The number of rotatable bonds is 4. The number of hydrogen-bond donors (Lipinski definition) is 2. The van der Waals surface area contributed by atoms with Gasteiger partial charge in [0.05, 0.1) is 5.56 Å². The lowest BCUT2D eigenvalue weighted by Crippen LogP contribution is -2.21. The third kappa shape index (κ3) is 5.25. The molecule has 0 aromatic heterocycles. The predicted octanol–water partition coefficient (Wildman–Crippen LogP) is 6.27. The van der Waals surface area contributed by atoms with Crippen molar-refractivity contribution in [3.63, 3.8) is 0 Å². The number of hydrogen-bond acceptors (Lipinski definition) is 2. The van der Waals surface area contributed by atoms with E-state index in [2.05, 4.69) is 34.7 Å². The van der Waals surface area contributed by atoms with Crippen LogP contribution in [-0.2, 0) is 6.18 Å². The average molecular weight is 376 g/mol. The Morgan fingerprint density at radius 3 is 2.15 bits per heavy atom. The van der Waals surface area contributed by atoms with Gasteiger partial charge in [-0.05, 0) is 67.3 Å². The number of amidine groups is 1. The Morgan fingerprint density at radius 1 is 0.963 bits per heavy atom. The molecule has 1 saturated carbocycles. The second-order valence-corrected chi connectivity index (χ2v) is 7.08. The van der Waals surface area contributed by atoms with Gasteiger partial charge in [0.15, 0.2) is 0 Å². The number of alkyl halides is 3. The van der Waals surface area contributed by atoms with Crippen molar-refractivity contribution in [1.82, 2.24) is 0 Å². The van der Waals surface area contributed by atoms with Crippen LogP contribution in [0, 0.1) is 5.92 Å². The highest BCUT2D eigenvalue weighted by Gasteiger charge is 2.30. The Bertz CT molecular complexity index is 749. The Labute approximate surface area is 156 Å². The molecule has 0 bridgehead atoms. The minimum absolute atomic E-state index is 0.387. The molecule has 0 aliphatic heterocycles. The summed E-state index contributed by atoms with van der Waals surface area (Å²) in [6.07, 6.45) is 0.477. The normalized spacial score (nSPS) is 21.1. The van der Waals surface area contributed by atoms with Crippen LogP contribution in [0.4, 0.5) is 18.9 Å². The van der Waals surface area contributed by atoms with Crippen LogP contribution in [0.1, 0.15) is 49.1 Å². The van der Waals surface area contributed by atoms with Gasteiger partial charge in [0.1, 0.15) is 5.84 Å². The number of anilines is 1. The average Bonchev–Trinajstić information content (AvgIpc) is 2.68. The largest absolute Gasteiger partial charge is 0.416 e. The van der Waals surface area contributed by atoms with Crippen molar-refractivity contribution in [2.75, 3.05) is 5.32 Å². The van der Waals surface area contributed by atoms with Gasteiger partial charge in [0, 0.05) is 12.1 Å². The van der Waals surface area contributed by atoms with E-state index in [-0.39, 0.29) is 0 Å². The van der Waals surface area contributed by atoms with Gasteiger partial charge < -0.3 is 10.5 Å². The molecule has 1 aliphatic rings. The lowest BCUT2D eigenvalue weighted by molar-refractivity contribution is -0.137. The topological polar surface area (TPSA) is 44.6 Å². The zero-order chi connectivity index (χ0) is 19.3. The molecular weight excluding hydrogens is 353 g/mol. The molecule has 2 N–H and O–H groups in total. The van der Waals surface area contributed by atoms with Crippen molar-refractivity contribution in [3.8, 4) is 0 Å². The van der Waals surface area contributed by atoms with Gasteiger partial charge in [-0.2, -0.15) is 13.2 Å². The molecule has 0 heterocycles. The van der Waals surface area contributed by atoms with E-state index < -0.39 is 11.7 Å². The van der Waals surface area contributed by atoms with Crippen LogP contribution < -0.4 is 5.32 Å². The van der Waals surface area contributed by atoms with Gasteiger partial charge >= 0.3 is 6.18 Å². The smallest absolute Gasteiger partial charge is 0.409 e. The van der Waals surface area contributed by atoms with Crippen LogP contribution in [0.15, 0.2) is 59.8 Å². The summed E-state index contributed by atoms with van der Waals surface area (Å²) in [6, 6.07) is 15.2. The molecule has 144 valence electrons. The van der Waals surface area contributed by atoms with Crippen LogP contribution >= 0.6 is 0 Å². The van der Waals surface area contributed by atoms with Gasteiger partial charge in [-0.25, -0.2) is 0 Å². The summed E-state index contributed by atoms with van der Waals surface area (Å²) in [7, 11) is 0. The van der Waals surface area contributed by atoms with Crippen molar-refractivity contribution < 1.29 is 18.4 Å². The first-order valence-electron chi connectivity index (χ1n) is 9.16. The second-order valence-electron chi connectivity index (χ2n) is 7.08. The minimum Gasteiger partial charge on any atom is -0.409 e. The van der Waals surface area contributed by atoms with Crippen LogP contribution in [-0.4, -0.2) is 11.0 Å². The molecule has 0 amide bonds. The second kappa shape index (κ2) is 8.46. The fraction of sp³-hybridized carbons (Fsp3) is 0.381. The SMILES string of the molecule is O/N=C(/CC1CCC(c2ccccc2)CC1)Nc1ccc(C(F)(F)F)cc1. The molecule has 2 aromatic carbocycles. The van der Waals surface area contributed by atoms with E-state index >= 15 is 0 Å². The maximum Gasteiger partial charge on any atom is 0.416 e. The Hall–Kier alpha value is -2.50. The zero-order valence-electron chi connectivity index (χ0n) is 14.9. The molecule has 3 rings (SSSR count). The molecule has 0 radical (unpaired) electrons. The summed E-state index contributed by atoms with van der Waals surface area (Å²) in [4.78, 5) is 0. The molecule has 0 unspecified atom stereocenters. The third-order valence-electron chi connectivity index (χ3n) is 5.22. The van der Waals surface area contributed by atoms with Crippen molar-refractivity contribution in [2.24, 2.45) is 11.1 Å². The predicted molar refractivity (Wildman–Crippen MR) is 100 cm³/mol. The van der Waals surface area contributed by atoms with Crippen molar-refractivity contribution in [1.29, 1.82) is 0 Å². The van der Waals surface area contributed by atoms with Crippen molar-refractivity contribution in [3.05, 3.63) is 65.7 Å². The number of oxime groups is 1. The summed E-state index contributed by atoms with van der Waals surface area (Å²) in [5, 5.41) is 15.5. The molecule has 1 fully saturated rings. The monoisotopic (exact) mass is 376 g/mol. The van der Waals surface area contributed by atoms with E-state index in [0.29, 0.717) is 29.8 Å². The van der Waals surface area contributed by atoms with Gasteiger partial charge in [-0.3, -0.25) is 0 Å². The summed E-state index contributed by atoms with van der Waals surface area (Å²) in [5.41, 5.74) is 1.15. The zero-order valence-corrected chi connectivity index (χ0v) is 14.9. The number of nitrogens with zero attached hydrogens (tertiary/aromatic N) is 1. The van der Waals surface area contributed by atoms with Gasteiger partial charge in [-0.15, -0.1) is 0 Å². The molecule has 3 nitrogen and oxygen atoms in total. The third-order valence-corrected chi connectivity index (χ3v) is 5.22. The van der Waals surface area contributed by atoms with Crippen LogP contribution in [0.2, 0.25) is 0 Å². The maximum absolute atomic E-state index is 12.6. The highest BCUT2D eigenvalue weighted by Crippen LogP contribution is 2.37. The maximum atomic E-state index is 12.6. The van der Waals surface area contributed by atoms with E-state index in [1.807, 2.05) is 6.07 Å². The summed E-state index contributed by atoms with van der Waals surface area (Å²) < 4.78 is 37.9. The molecule has 6 heteroatoms. The van der Waals surface area contributed by atoms with Crippen molar-refractivity contribution in [2.45, 2.75) is 44.2 Å². The first-order valence-corrected chi connectivity index (χ1v) is 9.16. The number of benzene rings is 2. The van der Waals surface area contributed by atoms with E-state index in [1.54, 1.807) is 0 Å². The fourth-order valence-electron chi connectivity index (χ4n) is 3.72. The summed E-state index contributed by atoms with van der Waals surface area (Å²) >= 11 is 0. The van der Waals surface area contributed by atoms with E-state index in [0.717, 1.165) is 37.8 Å². The molecule has 0 spiro atoms. The Morgan fingerprint density at radius 2 is 1.59 bits per heavy atom. The number of halogens is 3. The molecular formula is C21H23F3N2O. The Kier molecular flexibility index (Phi) is 6.04. The highest BCUT2D eigenvalue weighted by atomic mass is 19.4. The minimum atomic E-state index is -4.36. The van der Waals surface area contributed by atoms with Crippen LogP contribution in [0.5, 0.6) is 0 Å².